The summed E-state index contributed by atoms with van der Waals surface area (Å²) < 4.78 is 32.4. The zero-order valence-electron chi connectivity index (χ0n) is 20.0. The number of rotatable bonds is 12. The van der Waals surface area contributed by atoms with Crippen LogP contribution >= 0.6 is 9.24 Å². The summed E-state index contributed by atoms with van der Waals surface area (Å²) in [5.74, 6) is 0. The van der Waals surface area contributed by atoms with E-state index in [-0.39, 0.29) is 0 Å². The molecule has 33 heavy (non-hydrogen) atoms. The standard InChI is InChI=1S/C22H28N2O3S.C4H11P/c1-2-3-4-5-6-7-9-14-18-15-16-19-21(24-22(23-19)28(25,26)27)20(18)17-12-10-8-11-13-17;1-2-3-4-5/h8,10-13,15-16H,2-7,9,14H2,1H3,(H,23,24)(H,25,26,27);2-5H2,1H3. The molecule has 1 aromatic heterocycles. The van der Waals surface area contributed by atoms with Crippen LogP contribution in [0.5, 0.6) is 0 Å². The molecule has 1 unspecified atom stereocenters. The van der Waals surface area contributed by atoms with Gasteiger partial charge < -0.3 is 4.98 Å². The van der Waals surface area contributed by atoms with Gasteiger partial charge in [-0.15, -0.1) is 9.24 Å². The number of fused-ring (bicyclic) bond motifs is 1. The van der Waals surface area contributed by atoms with Crippen molar-refractivity contribution in [3.05, 3.63) is 48.0 Å². The number of H-pyrrole nitrogens is 1. The summed E-state index contributed by atoms with van der Waals surface area (Å²) in [6, 6.07) is 13.8. The van der Waals surface area contributed by atoms with Crippen molar-refractivity contribution in [2.45, 2.75) is 83.2 Å². The number of hydrogen-bond donors (Lipinski definition) is 2. The van der Waals surface area contributed by atoms with Crippen molar-refractivity contribution in [3.8, 4) is 11.1 Å². The van der Waals surface area contributed by atoms with Crippen LogP contribution in [0.1, 0.15) is 77.2 Å². The molecule has 7 heteroatoms. The predicted molar refractivity (Wildman–Crippen MR) is 143 cm³/mol. The number of unbranched alkanes of at least 4 members (excludes halogenated alkanes) is 7. The van der Waals surface area contributed by atoms with Crippen molar-refractivity contribution < 1.29 is 13.0 Å². The maximum Gasteiger partial charge on any atom is 0.328 e. The van der Waals surface area contributed by atoms with Crippen molar-refractivity contribution in [2.75, 3.05) is 6.16 Å². The molecule has 1 heterocycles. The molecule has 0 saturated heterocycles. The summed E-state index contributed by atoms with van der Waals surface area (Å²) >= 11 is 0. The van der Waals surface area contributed by atoms with E-state index in [0.29, 0.717) is 11.0 Å². The van der Waals surface area contributed by atoms with Gasteiger partial charge in [-0.3, -0.25) is 4.55 Å². The number of aryl methyl sites for hydroxylation is 1. The predicted octanol–water partition coefficient (Wildman–Crippen LogP) is 7.43. The van der Waals surface area contributed by atoms with Crippen molar-refractivity contribution in [2.24, 2.45) is 0 Å². The van der Waals surface area contributed by atoms with Crippen LogP contribution in [0.4, 0.5) is 0 Å². The number of aromatic amines is 1. The van der Waals surface area contributed by atoms with E-state index >= 15 is 0 Å². The van der Waals surface area contributed by atoms with Crippen molar-refractivity contribution in [1.82, 2.24) is 9.97 Å². The van der Waals surface area contributed by atoms with E-state index < -0.39 is 15.3 Å². The average Bonchev–Trinajstić information content (AvgIpc) is 3.25. The number of nitrogens with zero attached hydrogens (tertiary/aromatic N) is 1. The van der Waals surface area contributed by atoms with Gasteiger partial charge in [0.05, 0.1) is 11.0 Å². The smallest absolute Gasteiger partial charge is 0.326 e. The van der Waals surface area contributed by atoms with Gasteiger partial charge in [0.1, 0.15) is 0 Å². The molecule has 0 aliphatic rings. The molecule has 2 aromatic carbocycles. The fourth-order valence-electron chi connectivity index (χ4n) is 3.84. The molecule has 0 bridgehead atoms. The first-order chi connectivity index (χ1) is 15.9. The van der Waals surface area contributed by atoms with E-state index in [1.54, 1.807) is 0 Å². The summed E-state index contributed by atoms with van der Waals surface area (Å²) in [7, 11) is -1.68. The Morgan fingerprint density at radius 1 is 0.879 bits per heavy atom. The maximum absolute atomic E-state index is 11.5. The normalized spacial score (nSPS) is 11.4. The van der Waals surface area contributed by atoms with Gasteiger partial charge in [-0.2, -0.15) is 8.42 Å². The van der Waals surface area contributed by atoms with Gasteiger partial charge >= 0.3 is 10.1 Å². The summed E-state index contributed by atoms with van der Waals surface area (Å²) in [6.45, 7) is 4.42. The lowest BCUT2D eigenvalue weighted by Crippen LogP contribution is -1.99. The van der Waals surface area contributed by atoms with E-state index in [1.807, 2.05) is 42.5 Å². The Balaban J connectivity index is 0.000000696. The first kappa shape index (κ1) is 27.5. The highest BCUT2D eigenvalue weighted by Gasteiger charge is 2.19. The monoisotopic (exact) mass is 490 g/mol. The summed E-state index contributed by atoms with van der Waals surface area (Å²) in [5, 5.41) is -0.409. The fourth-order valence-corrected chi connectivity index (χ4v) is 4.69. The lowest BCUT2D eigenvalue weighted by atomic mass is 9.94. The van der Waals surface area contributed by atoms with Gasteiger partial charge in [0.15, 0.2) is 0 Å². The first-order valence-electron chi connectivity index (χ1n) is 12.2. The van der Waals surface area contributed by atoms with E-state index in [9.17, 15) is 13.0 Å². The Morgan fingerprint density at radius 2 is 1.52 bits per heavy atom. The molecule has 182 valence electrons. The number of imidazole rings is 1. The van der Waals surface area contributed by atoms with Crippen LogP contribution in [-0.4, -0.2) is 29.1 Å². The highest BCUT2D eigenvalue weighted by atomic mass is 32.2. The van der Waals surface area contributed by atoms with Crippen LogP contribution in [0.2, 0.25) is 0 Å². The molecular formula is C26H39N2O3PS. The first-order valence-corrected chi connectivity index (χ1v) is 14.4. The molecule has 1 atom stereocenters. The Hall–Kier alpha value is -1.75. The third-order valence-electron chi connectivity index (χ3n) is 5.64. The Morgan fingerprint density at radius 3 is 2.09 bits per heavy atom. The molecule has 0 fully saturated rings. The number of nitrogens with one attached hydrogen (secondary N) is 1. The minimum absolute atomic E-state index is 0.409. The highest BCUT2D eigenvalue weighted by molar-refractivity contribution is 7.85. The Labute approximate surface area is 201 Å². The van der Waals surface area contributed by atoms with Crippen molar-refractivity contribution >= 4 is 30.4 Å². The molecule has 0 aliphatic carbocycles. The zero-order chi connectivity index (χ0) is 24.1. The van der Waals surface area contributed by atoms with E-state index in [2.05, 4.69) is 33.1 Å². The minimum Gasteiger partial charge on any atom is -0.326 e. The van der Waals surface area contributed by atoms with Gasteiger partial charge in [0.2, 0.25) is 0 Å². The van der Waals surface area contributed by atoms with Crippen molar-refractivity contribution in [3.63, 3.8) is 0 Å². The molecule has 0 radical (unpaired) electrons. The highest BCUT2D eigenvalue weighted by Crippen LogP contribution is 2.32. The fraction of sp³-hybridized carbons (Fsp3) is 0.500. The number of benzene rings is 2. The van der Waals surface area contributed by atoms with Gasteiger partial charge in [-0.25, -0.2) is 4.98 Å². The third kappa shape index (κ3) is 8.84. The topological polar surface area (TPSA) is 83.1 Å². The second-order valence-electron chi connectivity index (χ2n) is 8.39. The summed E-state index contributed by atoms with van der Waals surface area (Å²) in [6.07, 6.45) is 13.6. The van der Waals surface area contributed by atoms with Gasteiger partial charge in [-0.05, 0) is 36.2 Å². The second-order valence-corrected chi connectivity index (χ2v) is 10.3. The lowest BCUT2D eigenvalue weighted by Gasteiger charge is -2.11. The van der Waals surface area contributed by atoms with Crippen LogP contribution in [0.3, 0.4) is 0 Å². The molecule has 2 N–H and O–H groups in total. The summed E-state index contributed by atoms with van der Waals surface area (Å²) in [5.41, 5.74) is 4.33. The second kappa shape index (κ2) is 14.5. The van der Waals surface area contributed by atoms with Crippen LogP contribution in [-0.2, 0) is 16.5 Å². The maximum atomic E-state index is 11.5. The Bertz CT molecular complexity index is 1060. The minimum atomic E-state index is -4.38. The number of hydrogen-bond acceptors (Lipinski definition) is 3. The lowest BCUT2D eigenvalue weighted by molar-refractivity contribution is 0.476. The van der Waals surface area contributed by atoms with Gasteiger partial charge in [0.25, 0.3) is 5.16 Å². The Kier molecular flexibility index (Phi) is 12.1. The van der Waals surface area contributed by atoms with Crippen LogP contribution < -0.4 is 0 Å². The van der Waals surface area contributed by atoms with Gasteiger partial charge in [-0.1, -0.05) is 102 Å². The van der Waals surface area contributed by atoms with E-state index in [1.165, 1.54) is 57.5 Å². The van der Waals surface area contributed by atoms with E-state index in [4.69, 9.17) is 0 Å². The quantitative estimate of drug-likeness (QED) is 0.157. The SMILES string of the molecule is CCCCCCCCCc1ccc2nc(S(=O)(=O)O)[nH]c2c1-c1ccccc1.CCCCP. The molecule has 3 aromatic rings. The van der Waals surface area contributed by atoms with Crippen LogP contribution in [0, 0.1) is 0 Å². The molecule has 0 amide bonds. The average molecular weight is 491 g/mol. The molecule has 0 aliphatic heterocycles. The largest absolute Gasteiger partial charge is 0.328 e. The van der Waals surface area contributed by atoms with Crippen LogP contribution in [0.25, 0.3) is 22.2 Å². The van der Waals surface area contributed by atoms with E-state index in [0.717, 1.165) is 29.5 Å². The molecular weight excluding hydrogens is 451 g/mol. The molecule has 3 rings (SSSR count). The zero-order valence-corrected chi connectivity index (χ0v) is 22.0. The molecule has 0 saturated carbocycles. The van der Waals surface area contributed by atoms with Crippen molar-refractivity contribution in [1.29, 1.82) is 0 Å². The molecule has 0 spiro atoms. The third-order valence-corrected chi connectivity index (χ3v) is 6.73. The van der Waals surface area contributed by atoms with Crippen LogP contribution in [0.15, 0.2) is 47.6 Å². The number of aromatic nitrogens is 2. The molecule has 5 nitrogen and oxygen atoms in total. The summed E-state index contributed by atoms with van der Waals surface area (Å²) in [4.78, 5) is 6.87. The van der Waals surface area contributed by atoms with Gasteiger partial charge in [0, 0.05) is 5.56 Å².